The monoisotopic (exact) mass is 384 g/mol. The van der Waals surface area contributed by atoms with Crippen LogP contribution in [-0.4, -0.2) is 58.6 Å². The third kappa shape index (κ3) is 3.25. The molecule has 0 amide bonds. The fourth-order valence-corrected chi connectivity index (χ4v) is 4.14. The van der Waals surface area contributed by atoms with Gasteiger partial charge in [-0.05, 0) is 24.2 Å². The van der Waals surface area contributed by atoms with Gasteiger partial charge in [0.2, 0.25) is 0 Å². The van der Waals surface area contributed by atoms with Gasteiger partial charge in [-0.2, -0.15) is 0 Å². The van der Waals surface area contributed by atoms with Crippen molar-refractivity contribution < 1.29 is 33.0 Å². The first-order valence-corrected chi connectivity index (χ1v) is 11.5. The maximum absolute atomic E-state index is 12.8. The molecule has 2 rings (SSSR count). The number of fused-ring (bicyclic) bond motifs is 2. The molecule has 2 aliphatic heterocycles. The fourth-order valence-electron chi connectivity index (χ4n) is 3.13. The van der Waals surface area contributed by atoms with Crippen LogP contribution in [0.1, 0.15) is 20.8 Å². The standard InChI is InChI=1S/C18H28O7Si/c1-17(2,3)26(6,7)24-10-18-12(19)9-8-11(25-18)13(15(20)22-4)14(18)16(21)23-5/h8-9,11,13-14H,10H2,1-7H3/t11-,13-,14-,18+/m1/s1. The van der Waals surface area contributed by atoms with Crippen LogP contribution in [0.3, 0.4) is 0 Å². The highest BCUT2D eigenvalue weighted by atomic mass is 28.4. The van der Waals surface area contributed by atoms with Crippen molar-refractivity contribution in [3.05, 3.63) is 12.2 Å². The van der Waals surface area contributed by atoms with Crippen molar-refractivity contribution in [2.75, 3.05) is 20.8 Å². The smallest absolute Gasteiger partial charge is 0.313 e. The molecule has 26 heavy (non-hydrogen) atoms. The Morgan fingerprint density at radius 2 is 1.77 bits per heavy atom. The van der Waals surface area contributed by atoms with Gasteiger partial charge < -0.3 is 18.6 Å². The number of carbonyl (C=O) groups is 3. The minimum atomic E-state index is -2.22. The normalized spacial score (nSPS) is 31.0. The van der Waals surface area contributed by atoms with Crippen molar-refractivity contribution in [2.24, 2.45) is 11.8 Å². The molecule has 2 aliphatic rings. The van der Waals surface area contributed by atoms with Gasteiger partial charge in [0.05, 0.1) is 26.9 Å². The molecule has 1 saturated heterocycles. The van der Waals surface area contributed by atoms with Crippen LogP contribution in [0.5, 0.6) is 0 Å². The molecule has 1 fully saturated rings. The highest BCUT2D eigenvalue weighted by Crippen LogP contribution is 2.47. The molecule has 7 nitrogen and oxygen atoms in total. The average molecular weight is 385 g/mol. The largest absolute Gasteiger partial charge is 0.469 e. The molecule has 2 heterocycles. The summed E-state index contributed by atoms with van der Waals surface area (Å²) in [6.45, 7) is 10.2. The van der Waals surface area contributed by atoms with Gasteiger partial charge >= 0.3 is 11.9 Å². The predicted octanol–water partition coefficient (Wildman–Crippen LogP) is 1.86. The van der Waals surface area contributed by atoms with Crippen LogP contribution in [0.15, 0.2) is 12.2 Å². The van der Waals surface area contributed by atoms with Crippen LogP contribution >= 0.6 is 0 Å². The molecule has 0 saturated carbocycles. The van der Waals surface area contributed by atoms with Gasteiger partial charge in [0.1, 0.15) is 11.8 Å². The Labute approximate surface area is 155 Å². The molecule has 146 valence electrons. The van der Waals surface area contributed by atoms with Crippen molar-refractivity contribution in [1.29, 1.82) is 0 Å². The van der Waals surface area contributed by atoms with Crippen molar-refractivity contribution in [2.45, 2.75) is 50.6 Å². The van der Waals surface area contributed by atoms with Crippen LogP contribution in [0.25, 0.3) is 0 Å². The first-order valence-electron chi connectivity index (χ1n) is 8.61. The first kappa shape index (κ1) is 20.8. The molecule has 0 aliphatic carbocycles. The number of methoxy groups -OCH3 is 2. The Morgan fingerprint density at radius 3 is 2.27 bits per heavy atom. The zero-order chi connectivity index (χ0) is 19.9. The molecule has 0 aromatic rings. The number of hydrogen-bond acceptors (Lipinski definition) is 7. The number of rotatable bonds is 5. The zero-order valence-corrected chi connectivity index (χ0v) is 17.5. The van der Waals surface area contributed by atoms with Gasteiger partial charge in [0.15, 0.2) is 19.7 Å². The Hall–Kier alpha value is -1.51. The molecule has 0 spiro atoms. The Balaban J connectivity index is 2.44. The van der Waals surface area contributed by atoms with Crippen molar-refractivity contribution in [1.82, 2.24) is 0 Å². The second-order valence-electron chi connectivity index (χ2n) is 8.29. The summed E-state index contributed by atoms with van der Waals surface area (Å²) in [5, 5.41) is -0.0856. The molecular formula is C18H28O7Si. The van der Waals surface area contributed by atoms with Gasteiger partial charge in [-0.3, -0.25) is 14.4 Å². The van der Waals surface area contributed by atoms with E-state index in [1.165, 1.54) is 26.4 Å². The van der Waals surface area contributed by atoms with Crippen LogP contribution < -0.4 is 0 Å². The molecule has 8 heteroatoms. The third-order valence-electron chi connectivity index (χ3n) is 5.80. The minimum absolute atomic E-state index is 0.0856. The van der Waals surface area contributed by atoms with Gasteiger partial charge in [-0.15, -0.1) is 0 Å². The van der Waals surface area contributed by atoms with E-state index in [1.54, 1.807) is 0 Å². The number of esters is 2. The molecule has 0 unspecified atom stereocenters. The van der Waals surface area contributed by atoms with E-state index in [0.717, 1.165) is 0 Å². The number of ketones is 1. The lowest BCUT2D eigenvalue weighted by Gasteiger charge is -2.40. The maximum Gasteiger partial charge on any atom is 0.313 e. The summed E-state index contributed by atoms with van der Waals surface area (Å²) < 4.78 is 21.9. The Morgan fingerprint density at radius 1 is 1.19 bits per heavy atom. The highest BCUT2D eigenvalue weighted by molar-refractivity contribution is 6.74. The van der Waals surface area contributed by atoms with E-state index < -0.39 is 49.6 Å². The summed E-state index contributed by atoms with van der Waals surface area (Å²) in [7, 11) is 0.241. The SMILES string of the molecule is COC(=O)[C@@H]1[C@H]2C=CC(=O)[C@](CO[Si](C)(C)C(C)(C)C)(O2)[C@H]1C(=O)OC. The number of carbonyl (C=O) groups excluding carboxylic acids is 3. The predicted molar refractivity (Wildman–Crippen MR) is 95.9 cm³/mol. The Bertz CT molecular complexity index is 634. The van der Waals surface area contributed by atoms with Crippen molar-refractivity contribution >= 4 is 26.0 Å². The first-order chi connectivity index (χ1) is 11.9. The summed E-state index contributed by atoms with van der Waals surface area (Å²) >= 11 is 0. The lowest BCUT2D eigenvalue weighted by atomic mass is 9.79. The zero-order valence-electron chi connectivity index (χ0n) is 16.5. The van der Waals surface area contributed by atoms with Gasteiger partial charge in [-0.25, -0.2) is 0 Å². The lowest BCUT2D eigenvalue weighted by Crippen LogP contribution is -2.55. The van der Waals surface area contributed by atoms with Gasteiger partial charge in [0, 0.05) is 0 Å². The van der Waals surface area contributed by atoms with Crippen LogP contribution in [0.2, 0.25) is 18.1 Å². The molecule has 0 aromatic carbocycles. The second kappa shape index (κ2) is 6.90. The van der Waals surface area contributed by atoms with Gasteiger partial charge in [-0.1, -0.05) is 26.8 Å². The summed E-state index contributed by atoms with van der Waals surface area (Å²) in [6.07, 6.45) is 2.13. The molecule has 0 radical (unpaired) electrons. The maximum atomic E-state index is 12.8. The average Bonchev–Trinajstić information content (AvgIpc) is 2.85. The van der Waals surface area contributed by atoms with E-state index in [-0.39, 0.29) is 11.6 Å². The second-order valence-corrected chi connectivity index (χ2v) is 13.1. The quantitative estimate of drug-likeness (QED) is 0.528. The summed E-state index contributed by atoms with van der Waals surface area (Å²) in [5.74, 6) is -3.75. The van der Waals surface area contributed by atoms with E-state index in [2.05, 4.69) is 20.8 Å². The van der Waals surface area contributed by atoms with Crippen LogP contribution in [-0.2, 0) is 33.0 Å². The van der Waals surface area contributed by atoms with E-state index in [1.807, 2.05) is 13.1 Å². The van der Waals surface area contributed by atoms with E-state index in [4.69, 9.17) is 18.6 Å². The molecule has 4 atom stereocenters. The molecule has 0 aromatic heterocycles. The van der Waals surface area contributed by atoms with Crippen molar-refractivity contribution in [3.63, 3.8) is 0 Å². The van der Waals surface area contributed by atoms with Crippen LogP contribution in [0, 0.1) is 11.8 Å². The molecule has 0 N–H and O–H groups in total. The topological polar surface area (TPSA) is 88.1 Å². The lowest BCUT2D eigenvalue weighted by molar-refractivity contribution is -0.165. The minimum Gasteiger partial charge on any atom is -0.469 e. The van der Waals surface area contributed by atoms with E-state index in [0.29, 0.717) is 0 Å². The fraction of sp³-hybridized carbons (Fsp3) is 0.722. The summed E-state index contributed by atoms with van der Waals surface area (Å²) in [6, 6.07) is 0. The van der Waals surface area contributed by atoms with Gasteiger partial charge in [0.25, 0.3) is 0 Å². The van der Waals surface area contributed by atoms with E-state index >= 15 is 0 Å². The van der Waals surface area contributed by atoms with Crippen molar-refractivity contribution in [3.8, 4) is 0 Å². The van der Waals surface area contributed by atoms with E-state index in [9.17, 15) is 14.4 Å². The molecule has 2 bridgehead atoms. The summed E-state index contributed by atoms with van der Waals surface area (Å²) in [4.78, 5) is 37.6. The summed E-state index contributed by atoms with van der Waals surface area (Å²) in [5.41, 5.74) is -1.57. The highest BCUT2D eigenvalue weighted by Gasteiger charge is 2.66. The van der Waals surface area contributed by atoms with Crippen LogP contribution in [0.4, 0.5) is 0 Å². The number of hydrogen-bond donors (Lipinski definition) is 0. The Kier molecular flexibility index (Phi) is 5.52. The number of ether oxygens (including phenoxy) is 3. The third-order valence-corrected chi connectivity index (χ3v) is 10.3. The molecular weight excluding hydrogens is 356 g/mol.